The maximum Gasteiger partial charge on any atom is 0.328 e. The second kappa shape index (κ2) is 4.23. The van der Waals surface area contributed by atoms with Crippen molar-refractivity contribution in [2.45, 2.75) is 18.8 Å². The van der Waals surface area contributed by atoms with Crippen molar-refractivity contribution in [3.63, 3.8) is 0 Å². The first-order valence-electron chi connectivity index (χ1n) is 3.73. The number of carbonyl (C=O) groups is 1. The van der Waals surface area contributed by atoms with Crippen molar-refractivity contribution < 1.29 is 9.53 Å². The zero-order chi connectivity index (χ0) is 9.84. The van der Waals surface area contributed by atoms with E-state index in [4.69, 9.17) is 11.6 Å². The van der Waals surface area contributed by atoms with E-state index in [2.05, 4.69) is 14.9 Å². The Morgan fingerprint density at radius 1 is 1.85 bits per heavy atom. The highest BCUT2D eigenvalue weighted by molar-refractivity contribution is 6.16. The van der Waals surface area contributed by atoms with Gasteiger partial charge in [-0.1, -0.05) is 0 Å². The fraction of sp³-hybridized carbons (Fsp3) is 0.571. The zero-order valence-corrected chi connectivity index (χ0v) is 8.15. The molecule has 0 saturated carbocycles. The van der Waals surface area contributed by atoms with Gasteiger partial charge in [-0.2, -0.15) is 0 Å². The van der Waals surface area contributed by atoms with E-state index >= 15 is 0 Å². The van der Waals surface area contributed by atoms with Crippen LogP contribution in [0.1, 0.15) is 18.8 Å². The Morgan fingerprint density at radius 3 is 3.08 bits per heavy atom. The van der Waals surface area contributed by atoms with E-state index in [-0.39, 0.29) is 11.8 Å². The molecule has 1 rings (SSSR count). The summed E-state index contributed by atoms with van der Waals surface area (Å²) in [6.07, 6.45) is 1.46. The summed E-state index contributed by atoms with van der Waals surface area (Å²) < 4.78 is 6.16. The Kier molecular flexibility index (Phi) is 3.25. The molecule has 0 aromatic carbocycles. The average Bonchev–Trinajstić information content (AvgIpc) is 2.62. The Bertz CT molecular complexity index is 300. The molecule has 0 bridgehead atoms. The molecular weight excluding hydrogens is 194 g/mol. The van der Waals surface area contributed by atoms with Crippen LogP contribution in [0.2, 0.25) is 0 Å². The minimum Gasteiger partial charge on any atom is -0.467 e. The third-order valence-corrected chi connectivity index (χ3v) is 1.97. The summed E-state index contributed by atoms with van der Waals surface area (Å²) in [5.41, 5.74) is 0. The smallest absolute Gasteiger partial charge is 0.328 e. The summed E-state index contributed by atoms with van der Waals surface area (Å²) in [7, 11) is 1.34. The molecule has 0 aliphatic carbocycles. The van der Waals surface area contributed by atoms with Gasteiger partial charge in [-0.3, -0.25) is 0 Å². The normalized spacial score (nSPS) is 12.5. The number of hydrogen-bond donors (Lipinski definition) is 0. The van der Waals surface area contributed by atoms with Crippen LogP contribution in [-0.2, 0) is 15.4 Å². The quantitative estimate of drug-likeness (QED) is 0.538. The highest BCUT2D eigenvalue weighted by Crippen LogP contribution is 2.10. The maximum atomic E-state index is 11.1. The van der Waals surface area contributed by atoms with Crippen LogP contribution in [0.15, 0.2) is 6.33 Å². The lowest BCUT2D eigenvalue weighted by Gasteiger charge is -2.11. The molecule has 1 aromatic rings. The highest BCUT2D eigenvalue weighted by Gasteiger charge is 2.17. The Balaban J connectivity index is 2.87. The van der Waals surface area contributed by atoms with Crippen molar-refractivity contribution in [1.82, 2.24) is 14.8 Å². The number of ether oxygens (including phenoxy) is 1. The number of halogens is 1. The molecule has 0 amide bonds. The lowest BCUT2D eigenvalue weighted by molar-refractivity contribution is -0.144. The molecule has 0 aliphatic rings. The first kappa shape index (κ1) is 9.98. The molecule has 13 heavy (non-hydrogen) atoms. The summed E-state index contributed by atoms with van der Waals surface area (Å²) in [5.74, 6) is 0.437. The van der Waals surface area contributed by atoms with Crippen LogP contribution < -0.4 is 0 Å². The number of methoxy groups -OCH3 is 1. The van der Waals surface area contributed by atoms with Crippen LogP contribution in [0.5, 0.6) is 0 Å². The van der Waals surface area contributed by atoms with Gasteiger partial charge in [-0.05, 0) is 6.92 Å². The minimum atomic E-state index is -0.436. The van der Waals surface area contributed by atoms with Gasteiger partial charge in [-0.15, -0.1) is 21.8 Å². The van der Waals surface area contributed by atoms with Crippen molar-refractivity contribution in [3.8, 4) is 0 Å². The van der Waals surface area contributed by atoms with Gasteiger partial charge in [0.25, 0.3) is 0 Å². The Hall–Kier alpha value is -1.10. The van der Waals surface area contributed by atoms with Crippen LogP contribution >= 0.6 is 11.6 Å². The largest absolute Gasteiger partial charge is 0.467 e. The predicted octanol–water partition coefficient (Wildman–Crippen LogP) is 0.751. The third-order valence-electron chi connectivity index (χ3n) is 1.73. The van der Waals surface area contributed by atoms with Crippen molar-refractivity contribution >= 4 is 17.6 Å². The first-order valence-corrected chi connectivity index (χ1v) is 4.26. The summed E-state index contributed by atoms with van der Waals surface area (Å²) >= 11 is 5.59. The molecule has 6 heteroatoms. The number of carbonyl (C=O) groups excluding carboxylic acids is 1. The number of aromatic nitrogens is 3. The number of rotatable bonds is 3. The molecular formula is C7H10ClN3O2. The van der Waals surface area contributed by atoms with Crippen LogP contribution in [0.25, 0.3) is 0 Å². The molecule has 1 heterocycles. The van der Waals surface area contributed by atoms with Crippen molar-refractivity contribution in [2.75, 3.05) is 7.11 Å². The monoisotopic (exact) mass is 203 g/mol. The van der Waals surface area contributed by atoms with Crippen LogP contribution in [0, 0.1) is 0 Å². The SMILES string of the molecule is COC(=O)C(C)n1cnnc1CCl. The lowest BCUT2D eigenvalue weighted by Crippen LogP contribution is -2.18. The summed E-state index contributed by atoms with van der Waals surface area (Å²) in [6, 6.07) is -0.436. The maximum absolute atomic E-state index is 11.1. The van der Waals surface area contributed by atoms with Gasteiger partial charge in [0, 0.05) is 0 Å². The van der Waals surface area contributed by atoms with Gasteiger partial charge in [-0.25, -0.2) is 4.79 Å². The summed E-state index contributed by atoms with van der Waals surface area (Å²) in [4.78, 5) is 11.1. The van der Waals surface area contributed by atoms with Crippen molar-refractivity contribution in [3.05, 3.63) is 12.2 Å². The first-order chi connectivity index (χ1) is 6.20. The topological polar surface area (TPSA) is 57.0 Å². The second-order valence-electron chi connectivity index (χ2n) is 2.49. The van der Waals surface area contributed by atoms with Crippen LogP contribution in [0.4, 0.5) is 0 Å². The fourth-order valence-corrected chi connectivity index (χ4v) is 1.16. The molecule has 1 atom stereocenters. The number of nitrogens with zero attached hydrogens (tertiary/aromatic N) is 3. The fourth-order valence-electron chi connectivity index (χ4n) is 0.970. The van der Waals surface area contributed by atoms with Gasteiger partial charge in [0.15, 0.2) is 0 Å². The van der Waals surface area contributed by atoms with E-state index in [9.17, 15) is 4.79 Å². The second-order valence-corrected chi connectivity index (χ2v) is 2.75. The Morgan fingerprint density at radius 2 is 2.54 bits per heavy atom. The molecule has 0 radical (unpaired) electrons. The summed E-state index contributed by atoms with van der Waals surface area (Å²) in [5, 5.41) is 7.40. The van der Waals surface area contributed by atoms with E-state index < -0.39 is 6.04 Å². The molecule has 0 aliphatic heterocycles. The standard InChI is InChI=1S/C7H10ClN3O2/c1-5(7(12)13-2)11-4-9-10-6(11)3-8/h4-5H,3H2,1-2H3. The van der Waals surface area contributed by atoms with E-state index in [0.717, 1.165) is 0 Å². The highest BCUT2D eigenvalue weighted by atomic mass is 35.5. The van der Waals surface area contributed by atoms with Gasteiger partial charge in [0.05, 0.1) is 13.0 Å². The molecule has 0 N–H and O–H groups in total. The molecule has 1 unspecified atom stereocenters. The zero-order valence-electron chi connectivity index (χ0n) is 7.40. The van der Waals surface area contributed by atoms with E-state index in [0.29, 0.717) is 5.82 Å². The predicted molar refractivity (Wildman–Crippen MR) is 46.3 cm³/mol. The third kappa shape index (κ3) is 1.98. The minimum absolute atomic E-state index is 0.224. The number of esters is 1. The number of alkyl halides is 1. The molecule has 0 fully saturated rings. The molecule has 5 nitrogen and oxygen atoms in total. The van der Waals surface area contributed by atoms with Crippen molar-refractivity contribution in [2.24, 2.45) is 0 Å². The van der Waals surface area contributed by atoms with Gasteiger partial charge in [0.1, 0.15) is 18.2 Å². The van der Waals surface area contributed by atoms with Gasteiger partial charge in [0.2, 0.25) is 0 Å². The Labute approximate surface area is 80.7 Å². The molecule has 0 saturated heterocycles. The molecule has 0 spiro atoms. The molecule has 72 valence electrons. The van der Waals surface area contributed by atoms with Crippen LogP contribution in [0.3, 0.4) is 0 Å². The van der Waals surface area contributed by atoms with Gasteiger partial charge >= 0.3 is 5.97 Å². The van der Waals surface area contributed by atoms with Gasteiger partial charge < -0.3 is 9.30 Å². The lowest BCUT2D eigenvalue weighted by atomic mass is 10.3. The van der Waals surface area contributed by atoms with E-state index in [1.165, 1.54) is 13.4 Å². The van der Waals surface area contributed by atoms with E-state index in [1.807, 2.05) is 0 Å². The molecule has 1 aromatic heterocycles. The number of hydrogen-bond acceptors (Lipinski definition) is 4. The van der Waals surface area contributed by atoms with Crippen LogP contribution in [-0.4, -0.2) is 27.8 Å². The van der Waals surface area contributed by atoms with E-state index in [1.54, 1.807) is 11.5 Å². The summed E-state index contributed by atoms with van der Waals surface area (Å²) in [6.45, 7) is 1.70. The average molecular weight is 204 g/mol. The van der Waals surface area contributed by atoms with Crippen molar-refractivity contribution in [1.29, 1.82) is 0 Å².